The van der Waals surface area contributed by atoms with Crippen LogP contribution in [0.4, 0.5) is 4.79 Å². The van der Waals surface area contributed by atoms with Gasteiger partial charge in [-0.2, -0.15) is 0 Å². The monoisotopic (exact) mass is 628 g/mol. The number of amides is 2. The molecule has 2 amide bonds. The maximum atomic E-state index is 14.1. The maximum Gasteiger partial charge on any atom is 0.410 e. The number of rotatable bonds is 9. The van der Waals surface area contributed by atoms with E-state index in [1.165, 1.54) is 16.7 Å². The zero-order chi connectivity index (χ0) is 30.6. The van der Waals surface area contributed by atoms with Gasteiger partial charge in [-0.1, -0.05) is 44.2 Å². The smallest absolute Gasteiger partial charge is 0.410 e. The molecule has 3 heterocycles. The van der Waals surface area contributed by atoms with Crippen molar-refractivity contribution in [3.63, 3.8) is 0 Å². The lowest BCUT2D eigenvalue weighted by molar-refractivity contribution is -0.205. The van der Waals surface area contributed by atoms with Crippen molar-refractivity contribution in [2.45, 2.75) is 100 Å². The van der Waals surface area contributed by atoms with Gasteiger partial charge in [-0.25, -0.2) is 4.79 Å². The zero-order valence-corrected chi connectivity index (χ0v) is 26.2. The fourth-order valence-electron chi connectivity index (χ4n) is 6.49. The van der Waals surface area contributed by atoms with Crippen LogP contribution >= 0.6 is 23.4 Å². The number of thioether (sulfide) groups is 1. The average molecular weight is 629 g/mol. The lowest BCUT2D eigenvalue weighted by Gasteiger charge is -2.44. The lowest BCUT2D eigenvalue weighted by Crippen LogP contribution is -2.65. The van der Waals surface area contributed by atoms with E-state index in [9.17, 15) is 24.9 Å². The first kappa shape index (κ1) is 33.3. The van der Waals surface area contributed by atoms with Gasteiger partial charge in [-0.05, 0) is 49.8 Å². The van der Waals surface area contributed by atoms with Crippen molar-refractivity contribution in [2.75, 3.05) is 19.4 Å². The minimum absolute atomic E-state index is 0.0579. The van der Waals surface area contributed by atoms with Crippen LogP contribution < -0.4 is 5.32 Å². The van der Waals surface area contributed by atoms with Gasteiger partial charge in [-0.15, -0.1) is 23.4 Å². The Morgan fingerprint density at radius 3 is 2.50 bits per heavy atom. The highest BCUT2D eigenvalue weighted by Crippen LogP contribution is 2.38. The molecule has 4 N–H and O–H groups in total. The predicted octanol–water partition coefficient (Wildman–Crippen LogP) is 2.75. The van der Waals surface area contributed by atoms with E-state index in [0.29, 0.717) is 25.0 Å². The van der Waals surface area contributed by atoms with Crippen LogP contribution in [0.15, 0.2) is 30.3 Å². The Hall–Kier alpha value is -1.60. The Balaban J connectivity index is 1.56. The molecule has 12 heteroatoms. The van der Waals surface area contributed by atoms with Gasteiger partial charge in [0, 0.05) is 19.1 Å². The highest BCUT2D eigenvalue weighted by Gasteiger charge is 2.53. The first-order valence-corrected chi connectivity index (χ1v) is 16.5. The highest BCUT2D eigenvalue weighted by molar-refractivity contribution is 7.99. The standard InChI is InChI=1S/C30H45ClN2O8S/c1-16(2)12-19-10-11-39-26-20(13-19)14-33(30(38)40-15-18-8-6-5-7-9-18)22(26)28(37)32-21(17(3)31)27-24(35)23(34)25(36)29(41-27)42-4/h5-9,16-17,19-27,29,34-36H,10-15H2,1-4H3,(H,32,37)/t17-,19-,20-,21+,22-,23+,24?,25+,26+,27+,29?/m0/s1. The molecular formula is C30H45ClN2O8S. The fraction of sp³-hybridized carbons (Fsp3) is 0.733. The molecule has 4 rings (SSSR count). The molecule has 1 aromatic carbocycles. The Morgan fingerprint density at radius 1 is 1.14 bits per heavy atom. The molecule has 3 aliphatic heterocycles. The Labute approximate surface area is 257 Å². The maximum absolute atomic E-state index is 14.1. The first-order valence-electron chi connectivity index (χ1n) is 14.8. The number of carbonyl (C=O) groups is 2. The van der Waals surface area contributed by atoms with Crippen molar-refractivity contribution < 1.29 is 39.1 Å². The van der Waals surface area contributed by atoms with Crippen LogP contribution in [0.3, 0.4) is 0 Å². The van der Waals surface area contributed by atoms with Gasteiger partial charge in [0.15, 0.2) is 0 Å². The second-order valence-electron chi connectivity index (χ2n) is 12.1. The van der Waals surface area contributed by atoms with E-state index in [2.05, 4.69) is 19.2 Å². The van der Waals surface area contributed by atoms with Gasteiger partial charge in [-0.3, -0.25) is 9.69 Å². The summed E-state index contributed by atoms with van der Waals surface area (Å²) in [7, 11) is 0. The molecule has 3 fully saturated rings. The summed E-state index contributed by atoms with van der Waals surface area (Å²) in [6, 6.07) is 7.41. The van der Waals surface area contributed by atoms with E-state index in [0.717, 1.165) is 24.8 Å². The normalized spacial score (nSPS) is 34.8. The van der Waals surface area contributed by atoms with Crippen molar-refractivity contribution >= 4 is 35.4 Å². The molecule has 0 saturated carbocycles. The van der Waals surface area contributed by atoms with Crippen LogP contribution in [0.1, 0.15) is 45.6 Å². The average Bonchev–Trinajstić information content (AvgIpc) is 3.20. The number of alkyl halides is 1. The van der Waals surface area contributed by atoms with Crippen molar-refractivity contribution in [1.29, 1.82) is 0 Å². The van der Waals surface area contributed by atoms with E-state index in [1.807, 2.05) is 30.3 Å². The van der Waals surface area contributed by atoms with E-state index < -0.39 is 65.4 Å². The Kier molecular flexibility index (Phi) is 11.8. The molecule has 0 aromatic heterocycles. The van der Waals surface area contributed by atoms with E-state index in [4.69, 9.17) is 25.8 Å². The molecule has 42 heavy (non-hydrogen) atoms. The fourth-order valence-corrected chi connectivity index (χ4v) is 7.38. The van der Waals surface area contributed by atoms with E-state index in [1.54, 1.807) is 13.2 Å². The lowest BCUT2D eigenvalue weighted by atomic mass is 9.85. The van der Waals surface area contributed by atoms with Gasteiger partial charge in [0.1, 0.15) is 42.5 Å². The van der Waals surface area contributed by atoms with Crippen LogP contribution in [-0.4, -0.2) is 105 Å². The number of fused-ring (bicyclic) bond motifs is 1. The number of carbonyl (C=O) groups excluding carboxylic acids is 2. The molecule has 2 unspecified atom stereocenters. The Bertz CT molecular complexity index is 1030. The third-order valence-electron chi connectivity index (χ3n) is 8.52. The number of benzene rings is 1. The molecule has 0 spiro atoms. The second kappa shape index (κ2) is 14.9. The minimum Gasteiger partial charge on any atom is -0.445 e. The SMILES string of the molecule is CSC1O[C@H]([C@H](NC(=O)[C@@H]2[C@@H]3OCC[C@@H](CC(C)C)C[C@H]3CN2C(=O)OCc2ccccc2)[C@H](C)Cl)C(O)[C@@H](O)[C@H]1O. The summed E-state index contributed by atoms with van der Waals surface area (Å²) in [6.07, 6.45) is -2.08. The Morgan fingerprint density at radius 2 is 1.86 bits per heavy atom. The topological polar surface area (TPSA) is 138 Å². The molecule has 0 bridgehead atoms. The number of nitrogens with zero attached hydrogens (tertiary/aromatic N) is 1. The van der Waals surface area contributed by atoms with Crippen LogP contribution in [0.25, 0.3) is 0 Å². The summed E-state index contributed by atoms with van der Waals surface area (Å²) >= 11 is 7.70. The molecule has 3 saturated heterocycles. The predicted molar refractivity (Wildman–Crippen MR) is 160 cm³/mol. The van der Waals surface area contributed by atoms with Gasteiger partial charge >= 0.3 is 6.09 Å². The number of hydrogen-bond donors (Lipinski definition) is 4. The molecule has 236 valence electrons. The van der Waals surface area contributed by atoms with Crippen molar-refractivity contribution in [3.8, 4) is 0 Å². The number of aliphatic hydroxyl groups is 3. The summed E-state index contributed by atoms with van der Waals surface area (Å²) in [5.41, 5.74) is 0.00342. The zero-order valence-electron chi connectivity index (χ0n) is 24.7. The molecule has 0 radical (unpaired) electrons. The summed E-state index contributed by atoms with van der Waals surface area (Å²) in [5.74, 6) is 0.376. The van der Waals surface area contributed by atoms with Gasteiger partial charge in [0.05, 0.1) is 17.5 Å². The number of aliphatic hydroxyl groups excluding tert-OH is 3. The molecule has 11 atom stereocenters. The highest BCUT2D eigenvalue weighted by atomic mass is 35.5. The van der Waals surface area contributed by atoms with Crippen LogP contribution in [-0.2, 0) is 25.6 Å². The number of hydrogen-bond acceptors (Lipinski definition) is 9. The third kappa shape index (κ3) is 7.72. The van der Waals surface area contributed by atoms with Crippen LogP contribution in [0.5, 0.6) is 0 Å². The van der Waals surface area contributed by atoms with Crippen molar-refractivity contribution in [3.05, 3.63) is 35.9 Å². The molecule has 10 nitrogen and oxygen atoms in total. The van der Waals surface area contributed by atoms with Gasteiger partial charge in [0.2, 0.25) is 5.91 Å². The van der Waals surface area contributed by atoms with Crippen molar-refractivity contribution in [1.82, 2.24) is 10.2 Å². The summed E-state index contributed by atoms with van der Waals surface area (Å²) in [6.45, 7) is 6.89. The van der Waals surface area contributed by atoms with Gasteiger partial charge < -0.3 is 34.8 Å². The number of likely N-dealkylation sites (tertiary alicyclic amines) is 1. The van der Waals surface area contributed by atoms with E-state index in [-0.39, 0.29) is 12.5 Å². The molecule has 0 aliphatic carbocycles. The number of ether oxygens (including phenoxy) is 3. The minimum atomic E-state index is -1.50. The number of halogens is 1. The summed E-state index contributed by atoms with van der Waals surface area (Å²) in [5, 5.41) is 33.8. The largest absolute Gasteiger partial charge is 0.445 e. The number of nitrogens with one attached hydrogen (secondary N) is 1. The first-order chi connectivity index (χ1) is 20.0. The van der Waals surface area contributed by atoms with Gasteiger partial charge in [0.25, 0.3) is 0 Å². The van der Waals surface area contributed by atoms with E-state index >= 15 is 0 Å². The van der Waals surface area contributed by atoms with Crippen molar-refractivity contribution in [2.24, 2.45) is 17.8 Å². The third-order valence-corrected chi connectivity index (χ3v) is 9.65. The summed E-state index contributed by atoms with van der Waals surface area (Å²) in [4.78, 5) is 29.0. The van der Waals surface area contributed by atoms with Crippen LogP contribution in [0.2, 0.25) is 0 Å². The molecular weight excluding hydrogens is 584 g/mol. The van der Waals surface area contributed by atoms with Crippen LogP contribution in [0, 0.1) is 17.8 Å². The summed E-state index contributed by atoms with van der Waals surface area (Å²) < 4.78 is 17.9. The molecule has 3 aliphatic rings. The molecule has 1 aromatic rings. The quantitative estimate of drug-likeness (QED) is 0.304. The second-order valence-corrected chi connectivity index (χ2v) is 13.8.